The van der Waals surface area contributed by atoms with Gasteiger partial charge in [-0.15, -0.1) is 0 Å². The maximum atomic E-state index is 13.1. The fraction of sp³-hybridized carbons (Fsp3) is 0.278. The van der Waals surface area contributed by atoms with Crippen LogP contribution in [0, 0.1) is 0 Å². The van der Waals surface area contributed by atoms with Crippen molar-refractivity contribution in [1.82, 2.24) is 0 Å². The maximum Gasteiger partial charge on any atom is 0.418 e. The lowest BCUT2D eigenvalue weighted by molar-refractivity contribution is -0.137. The van der Waals surface area contributed by atoms with Crippen LogP contribution >= 0.6 is 11.6 Å². The quantitative estimate of drug-likeness (QED) is 0.789. The fourth-order valence-electron chi connectivity index (χ4n) is 2.55. The second-order valence-electron chi connectivity index (χ2n) is 5.90. The topological polar surface area (TPSA) is 59.6 Å². The summed E-state index contributed by atoms with van der Waals surface area (Å²) in [5.74, 6) is 0.508. The number of hydrogen-bond acceptors (Lipinski definition) is 4. The number of carbonyl (C=O) groups is 1. The van der Waals surface area contributed by atoms with Crippen LogP contribution in [-0.2, 0) is 11.0 Å². The molecule has 1 amide bonds. The molecule has 0 unspecified atom stereocenters. The number of carbonyl (C=O) groups excluding carboxylic acids is 1. The number of nitrogens with one attached hydrogen (secondary N) is 2. The third kappa shape index (κ3) is 4.57. The van der Waals surface area contributed by atoms with Crippen molar-refractivity contribution in [1.29, 1.82) is 0 Å². The zero-order chi connectivity index (χ0) is 19.6. The van der Waals surface area contributed by atoms with E-state index in [2.05, 4.69) is 10.6 Å². The molecule has 1 aliphatic rings. The molecule has 0 saturated carbocycles. The van der Waals surface area contributed by atoms with Crippen LogP contribution in [0.15, 0.2) is 36.4 Å². The van der Waals surface area contributed by atoms with Crippen molar-refractivity contribution in [3.8, 4) is 11.5 Å². The molecule has 0 fully saturated rings. The van der Waals surface area contributed by atoms with Gasteiger partial charge in [0.25, 0.3) is 0 Å². The van der Waals surface area contributed by atoms with Crippen molar-refractivity contribution < 1.29 is 27.4 Å². The van der Waals surface area contributed by atoms with Crippen LogP contribution in [0.25, 0.3) is 0 Å². The van der Waals surface area contributed by atoms with Gasteiger partial charge in [0.15, 0.2) is 11.5 Å². The molecule has 0 spiro atoms. The summed E-state index contributed by atoms with van der Waals surface area (Å²) in [6.45, 7) is 2.42. The van der Waals surface area contributed by atoms with Gasteiger partial charge in [0.05, 0.1) is 11.3 Å². The van der Waals surface area contributed by atoms with Gasteiger partial charge in [0.1, 0.15) is 19.3 Å². The average Bonchev–Trinajstić information content (AvgIpc) is 2.62. The van der Waals surface area contributed by atoms with Gasteiger partial charge in [-0.05, 0) is 37.3 Å². The van der Waals surface area contributed by atoms with Crippen LogP contribution in [-0.4, -0.2) is 25.2 Å². The number of rotatable bonds is 4. The number of hydrogen-bond donors (Lipinski definition) is 2. The Bertz CT molecular complexity index is 858. The van der Waals surface area contributed by atoms with Gasteiger partial charge in [-0.25, -0.2) is 0 Å². The first-order valence-corrected chi connectivity index (χ1v) is 8.45. The number of amides is 1. The van der Waals surface area contributed by atoms with Gasteiger partial charge in [-0.2, -0.15) is 13.2 Å². The van der Waals surface area contributed by atoms with E-state index in [1.807, 2.05) is 0 Å². The number of halogens is 4. The summed E-state index contributed by atoms with van der Waals surface area (Å²) >= 11 is 5.64. The monoisotopic (exact) mass is 400 g/mol. The second kappa shape index (κ2) is 7.56. The van der Waals surface area contributed by atoms with Crippen LogP contribution in [0.3, 0.4) is 0 Å². The van der Waals surface area contributed by atoms with Gasteiger partial charge in [-0.1, -0.05) is 11.6 Å². The largest absolute Gasteiger partial charge is 0.486 e. The van der Waals surface area contributed by atoms with Crippen LogP contribution in [0.4, 0.5) is 24.5 Å². The Hall–Kier alpha value is -2.61. The summed E-state index contributed by atoms with van der Waals surface area (Å²) in [5.41, 5.74) is -0.781. The van der Waals surface area contributed by atoms with Gasteiger partial charge >= 0.3 is 6.18 Å². The molecule has 0 aromatic heterocycles. The van der Waals surface area contributed by atoms with E-state index in [0.29, 0.717) is 30.4 Å². The Labute approximate surface area is 158 Å². The molecule has 3 rings (SSSR count). The molecule has 1 heterocycles. The van der Waals surface area contributed by atoms with Gasteiger partial charge in [0.2, 0.25) is 5.91 Å². The number of ether oxygens (including phenoxy) is 2. The molecule has 0 bridgehead atoms. The SMILES string of the molecule is C[C@@H](Nc1ccc2c(c1)OCCO2)C(=O)Nc1ccc(Cl)cc1C(F)(F)F. The smallest absolute Gasteiger partial charge is 0.418 e. The van der Waals surface area contributed by atoms with Crippen molar-refractivity contribution in [2.45, 2.75) is 19.1 Å². The molecule has 2 N–H and O–H groups in total. The molecule has 0 radical (unpaired) electrons. The normalized spacial score (nSPS) is 14.4. The van der Waals surface area contributed by atoms with E-state index in [1.165, 1.54) is 13.0 Å². The Balaban J connectivity index is 1.72. The molecular weight excluding hydrogens is 385 g/mol. The lowest BCUT2D eigenvalue weighted by atomic mass is 10.1. The standard InChI is InChI=1S/C18H16ClF3N2O3/c1-10(23-12-3-5-15-16(9-12)27-7-6-26-15)17(25)24-14-4-2-11(19)8-13(14)18(20,21)22/h2-5,8-10,23H,6-7H2,1H3,(H,24,25)/t10-/m1/s1. The zero-order valence-electron chi connectivity index (χ0n) is 14.2. The molecule has 0 aliphatic carbocycles. The highest BCUT2D eigenvalue weighted by Crippen LogP contribution is 2.37. The van der Waals surface area contributed by atoms with Crippen molar-refractivity contribution in [3.63, 3.8) is 0 Å². The molecule has 144 valence electrons. The van der Waals surface area contributed by atoms with E-state index in [0.717, 1.165) is 12.1 Å². The summed E-state index contributed by atoms with van der Waals surface area (Å²) in [6.07, 6.45) is -4.64. The summed E-state index contributed by atoms with van der Waals surface area (Å²) in [7, 11) is 0. The van der Waals surface area contributed by atoms with E-state index >= 15 is 0 Å². The van der Waals surface area contributed by atoms with Crippen molar-refractivity contribution >= 4 is 28.9 Å². The predicted octanol–water partition coefficient (Wildman–Crippen LogP) is 4.57. The van der Waals surface area contributed by atoms with E-state index < -0.39 is 23.7 Å². The summed E-state index contributed by atoms with van der Waals surface area (Å²) < 4.78 is 50.3. The fourth-order valence-corrected chi connectivity index (χ4v) is 2.72. The molecule has 1 aliphatic heterocycles. The van der Waals surface area contributed by atoms with Crippen LogP contribution in [0.2, 0.25) is 5.02 Å². The Morgan fingerprint density at radius 3 is 2.52 bits per heavy atom. The van der Waals surface area contributed by atoms with Crippen molar-refractivity contribution in [2.24, 2.45) is 0 Å². The van der Waals surface area contributed by atoms with Crippen molar-refractivity contribution in [3.05, 3.63) is 47.0 Å². The highest BCUT2D eigenvalue weighted by atomic mass is 35.5. The zero-order valence-corrected chi connectivity index (χ0v) is 14.9. The lowest BCUT2D eigenvalue weighted by Crippen LogP contribution is -2.32. The molecule has 9 heteroatoms. The molecule has 1 atom stereocenters. The third-order valence-electron chi connectivity index (χ3n) is 3.86. The van der Waals surface area contributed by atoms with E-state index in [4.69, 9.17) is 21.1 Å². The number of benzene rings is 2. The highest BCUT2D eigenvalue weighted by Gasteiger charge is 2.34. The average molecular weight is 401 g/mol. The number of anilines is 2. The molecular formula is C18H16ClF3N2O3. The summed E-state index contributed by atoms with van der Waals surface area (Å²) in [6, 6.07) is 7.44. The molecule has 5 nitrogen and oxygen atoms in total. The predicted molar refractivity (Wildman–Crippen MR) is 95.6 cm³/mol. The second-order valence-corrected chi connectivity index (χ2v) is 6.34. The minimum atomic E-state index is -4.64. The van der Waals surface area contributed by atoms with Crippen LogP contribution in [0.1, 0.15) is 12.5 Å². The van der Waals surface area contributed by atoms with Crippen molar-refractivity contribution in [2.75, 3.05) is 23.8 Å². The molecule has 2 aromatic carbocycles. The molecule has 2 aromatic rings. The number of alkyl halides is 3. The first-order chi connectivity index (χ1) is 12.7. The van der Waals surface area contributed by atoms with Gasteiger partial charge in [-0.3, -0.25) is 4.79 Å². The Morgan fingerprint density at radius 2 is 1.81 bits per heavy atom. The van der Waals surface area contributed by atoms with Gasteiger partial charge in [0, 0.05) is 16.8 Å². The lowest BCUT2D eigenvalue weighted by Gasteiger charge is -2.21. The highest BCUT2D eigenvalue weighted by molar-refractivity contribution is 6.30. The first kappa shape index (κ1) is 19.2. The van der Waals surface area contributed by atoms with Crippen LogP contribution in [0.5, 0.6) is 11.5 Å². The van der Waals surface area contributed by atoms with E-state index in [1.54, 1.807) is 18.2 Å². The van der Waals surface area contributed by atoms with Gasteiger partial charge < -0.3 is 20.1 Å². The molecule has 27 heavy (non-hydrogen) atoms. The van der Waals surface area contributed by atoms with Crippen LogP contribution < -0.4 is 20.1 Å². The number of fused-ring (bicyclic) bond motifs is 1. The molecule has 0 saturated heterocycles. The third-order valence-corrected chi connectivity index (χ3v) is 4.10. The maximum absolute atomic E-state index is 13.1. The first-order valence-electron chi connectivity index (χ1n) is 8.08. The minimum Gasteiger partial charge on any atom is -0.486 e. The minimum absolute atomic E-state index is 0.0669. The summed E-state index contributed by atoms with van der Waals surface area (Å²) in [4.78, 5) is 12.3. The Kier molecular flexibility index (Phi) is 5.36. The summed E-state index contributed by atoms with van der Waals surface area (Å²) in [5, 5.41) is 5.15. The van der Waals surface area contributed by atoms with E-state index in [9.17, 15) is 18.0 Å². The van der Waals surface area contributed by atoms with E-state index in [-0.39, 0.29) is 10.7 Å². The Morgan fingerprint density at radius 1 is 1.11 bits per heavy atom.